The minimum atomic E-state index is -1.08. The van der Waals surface area contributed by atoms with Crippen LogP contribution in [0.25, 0.3) is 0 Å². The highest BCUT2D eigenvalue weighted by Gasteiger charge is 2.10. The van der Waals surface area contributed by atoms with Crippen molar-refractivity contribution in [2.45, 2.75) is 12.8 Å². The van der Waals surface area contributed by atoms with Gasteiger partial charge >= 0.3 is 5.97 Å². The highest BCUT2D eigenvalue weighted by molar-refractivity contribution is 5.98. The maximum Gasteiger partial charge on any atom is 0.335 e. The number of carboxylic acids is 1. The lowest BCUT2D eigenvalue weighted by Crippen LogP contribution is -2.04. The van der Waals surface area contributed by atoms with E-state index in [1.54, 1.807) is 24.3 Å². The first-order valence-corrected chi connectivity index (χ1v) is 6.18. The molecular formula is C16H13FO3. The number of hydrogen-bond donors (Lipinski definition) is 1. The van der Waals surface area contributed by atoms with Gasteiger partial charge in [0, 0.05) is 12.0 Å². The van der Waals surface area contributed by atoms with Gasteiger partial charge in [0.2, 0.25) is 0 Å². The molecule has 102 valence electrons. The number of benzene rings is 2. The van der Waals surface area contributed by atoms with Crippen molar-refractivity contribution in [3.63, 3.8) is 0 Å². The van der Waals surface area contributed by atoms with E-state index in [0.29, 0.717) is 17.5 Å². The van der Waals surface area contributed by atoms with Crippen LogP contribution in [0.4, 0.5) is 4.39 Å². The lowest BCUT2D eigenvalue weighted by Gasteiger charge is -2.04. The summed E-state index contributed by atoms with van der Waals surface area (Å²) < 4.78 is 13.4. The minimum absolute atomic E-state index is 0.0711. The molecule has 4 heteroatoms. The molecule has 0 aliphatic rings. The molecule has 0 fully saturated rings. The Bertz CT molecular complexity index is 650. The highest BCUT2D eigenvalue weighted by Crippen LogP contribution is 2.13. The van der Waals surface area contributed by atoms with Gasteiger partial charge in [0.05, 0.1) is 5.56 Å². The summed E-state index contributed by atoms with van der Waals surface area (Å²) in [5.41, 5.74) is 0.887. The number of carbonyl (C=O) groups excluding carboxylic acids is 1. The molecule has 1 N–H and O–H groups in total. The normalized spacial score (nSPS) is 10.2. The highest BCUT2D eigenvalue weighted by atomic mass is 19.1. The zero-order valence-corrected chi connectivity index (χ0v) is 10.7. The molecule has 0 heterocycles. The molecule has 20 heavy (non-hydrogen) atoms. The van der Waals surface area contributed by atoms with E-state index < -0.39 is 5.97 Å². The van der Waals surface area contributed by atoms with E-state index >= 15 is 0 Å². The summed E-state index contributed by atoms with van der Waals surface area (Å²) in [4.78, 5) is 22.8. The molecule has 0 aliphatic heterocycles. The average Bonchev–Trinajstić information content (AvgIpc) is 2.46. The Kier molecular flexibility index (Phi) is 4.25. The van der Waals surface area contributed by atoms with E-state index in [2.05, 4.69) is 0 Å². The molecule has 0 bridgehead atoms. The van der Waals surface area contributed by atoms with Crippen molar-refractivity contribution in [1.82, 2.24) is 0 Å². The van der Waals surface area contributed by atoms with Gasteiger partial charge in [0.1, 0.15) is 5.82 Å². The average molecular weight is 272 g/mol. The van der Waals surface area contributed by atoms with Gasteiger partial charge in [-0.3, -0.25) is 4.79 Å². The van der Waals surface area contributed by atoms with Crippen LogP contribution < -0.4 is 0 Å². The van der Waals surface area contributed by atoms with Crippen molar-refractivity contribution in [2.75, 3.05) is 0 Å². The van der Waals surface area contributed by atoms with Crippen LogP contribution in [0.1, 0.15) is 32.7 Å². The standard InChI is InChI=1S/C16H13FO3/c17-14-7-2-1-4-11(14)8-9-15(18)12-5-3-6-13(10-12)16(19)20/h1-7,10H,8-9H2,(H,19,20). The molecule has 3 nitrogen and oxygen atoms in total. The Balaban J connectivity index is 2.07. The number of aromatic carboxylic acids is 1. The molecule has 0 unspecified atom stereocenters. The maximum atomic E-state index is 13.4. The van der Waals surface area contributed by atoms with Gasteiger partial charge in [-0.15, -0.1) is 0 Å². The fourth-order valence-corrected chi connectivity index (χ4v) is 1.92. The molecule has 0 atom stereocenters. The summed E-state index contributed by atoms with van der Waals surface area (Å²) in [6.45, 7) is 0. The Morgan fingerprint density at radius 2 is 1.70 bits per heavy atom. The van der Waals surface area contributed by atoms with Crippen molar-refractivity contribution in [3.05, 3.63) is 71.0 Å². The second kappa shape index (κ2) is 6.10. The smallest absolute Gasteiger partial charge is 0.335 e. The molecule has 2 aromatic rings. The number of rotatable bonds is 5. The number of hydrogen-bond acceptors (Lipinski definition) is 2. The largest absolute Gasteiger partial charge is 0.478 e. The fourth-order valence-electron chi connectivity index (χ4n) is 1.92. The summed E-state index contributed by atoms with van der Waals surface area (Å²) in [7, 11) is 0. The summed E-state index contributed by atoms with van der Waals surface area (Å²) in [5.74, 6) is -1.61. The minimum Gasteiger partial charge on any atom is -0.478 e. The van der Waals surface area contributed by atoms with Crippen LogP contribution in [0.2, 0.25) is 0 Å². The number of aryl methyl sites for hydroxylation is 1. The summed E-state index contributed by atoms with van der Waals surface area (Å²) in [6, 6.07) is 12.2. The van der Waals surface area contributed by atoms with Gasteiger partial charge < -0.3 is 5.11 Å². The van der Waals surface area contributed by atoms with Crippen molar-refractivity contribution in [1.29, 1.82) is 0 Å². The van der Waals surface area contributed by atoms with Crippen molar-refractivity contribution >= 4 is 11.8 Å². The maximum absolute atomic E-state index is 13.4. The van der Waals surface area contributed by atoms with Crippen LogP contribution in [0.5, 0.6) is 0 Å². The third kappa shape index (κ3) is 3.29. The zero-order valence-electron chi connectivity index (χ0n) is 10.7. The lowest BCUT2D eigenvalue weighted by atomic mass is 10.0. The van der Waals surface area contributed by atoms with Crippen molar-refractivity contribution in [3.8, 4) is 0 Å². The van der Waals surface area contributed by atoms with Crippen molar-refractivity contribution < 1.29 is 19.1 Å². The predicted molar refractivity (Wildman–Crippen MR) is 72.5 cm³/mol. The Morgan fingerprint density at radius 1 is 1.00 bits per heavy atom. The van der Waals surface area contributed by atoms with E-state index in [1.807, 2.05) is 0 Å². The molecular weight excluding hydrogens is 259 g/mol. The topological polar surface area (TPSA) is 54.4 Å². The predicted octanol–water partition coefficient (Wildman–Crippen LogP) is 3.34. The Morgan fingerprint density at radius 3 is 2.40 bits per heavy atom. The van der Waals surface area contributed by atoms with Crippen molar-refractivity contribution in [2.24, 2.45) is 0 Å². The molecule has 0 saturated heterocycles. The number of carboxylic acid groups (broad SMARTS) is 1. The molecule has 2 aromatic carbocycles. The molecule has 0 radical (unpaired) electrons. The first kappa shape index (κ1) is 13.9. The van der Waals surface area contributed by atoms with Crippen LogP contribution in [0.15, 0.2) is 48.5 Å². The van der Waals surface area contributed by atoms with Crippen LogP contribution in [0.3, 0.4) is 0 Å². The molecule has 0 saturated carbocycles. The molecule has 0 spiro atoms. The van der Waals surface area contributed by atoms with Gasteiger partial charge in [-0.2, -0.15) is 0 Å². The summed E-state index contributed by atoms with van der Waals surface area (Å²) in [5, 5.41) is 8.87. The quantitative estimate of drug-likeness (QED) is 0.849. The monoisotopic (exact) mass is 272 g/mol. The summed E-state index contributed by atoms with van der Waals surface area (Å²) in [6.07, 6.45) is 0.437. The van der Waals surface area contributed by atoms with E-state index in [9.17, 15) is 14.0 Å². The van der Waals surface area contributed by atoms with E-state index in [4.69, 9.17) is 5.11 Å². The number of ketones is 1. The van der Waals surface area contributed by atoms with E-state index in [1.165, 1.54) is 24.3 Å². The third-order valence-electron chi connectivity index (χ3n) is 3.01. The molecule has 0 amide bonds. The lowest BCUT2D eigenvalue weighted by molar-refractivity contribution is 0.0697. The Labute approximate surface area is 115 Å². The first-order valence-electron chi connectivity index (χ1n) is 6.18. The van der Waals surface area contributed by atoms with E-state index in [-0.39, 0.29) is 23.6 Å². The molecule has 2 rings (SSSR count). The van der Waals surface area contributed by atoms with Gasteiger partial charge in [0.25, 0.3) is 0 Å². The number of halogens is 1. The third-order valence-corrected chi connectivity index (χ3v) is 3.01. The van der Waals surface area contributed by atoms with Crippen LogP contribution in [-0.2, 0) is 6.42 Å². The van der Waals surface area contributed by atoms with Gasteiger partial charge in [-0.1, -0.05) is 30.3 Å². The zero-order chi connectivity index (χ0) is 14.5. The van der Waals surface area contributed by atoms with Crippen LogP contribution >= 0.6 is 0 Å². The van der Waals surface area contributed by atoms with Gasteiger partial charge in [0.15, 0.2) is 5.78 Å². The number of carbonyl (C=O) groups is 2. The van der Waals surface area contributed by atoms with Gasteiger partial charge in [-0.05, 0) is 30.2 Å². The molecule has 0 aliphatic carbocycles. The van der Waals surface area contributed by atoms with Crippen LogP contribution in [0, 0.1) is 5.82 Å². The SMILES string of the molecule is O=C(O)c1cccc(C(=O)CCc2ccccc2F)c1. The van der Waals surface area contributed by atoms with E-state index in [0.717, 1.165) is 0 Å². The van der Waals surface area contributed by atoms with Gasteiger partial charge in [-0.25, -0.2) is 9.18 Å². The first-order chi connectivity index (χ1) is 9.58. The Hall–Kier alpha value is -2.49. The molecule has 0 aromatic heterocycles. The number of Topliss-reactive ketones (excluding diaryl/α,β-unsaturated/α-hetero) is 1. The second-order valence-corrected chi connectivity index (χ2v) is 4.40. The fraction of sp³-hybridized carbons (Fsp3) is 0.125. The second-order valence-electron chi connectivity index (χ2n) is 4.40. The van der Waals surface area contributed by atoms with Crippen LogP contribution in [-0.4, -0.2) is 16.9 Å². The summed E-state index contributed by atoms with van der Waals surface area (Å²) >= 11 is 0.